The summed E-state index contributed by atoms with van der Waals surface area (Å²) < 4.78 is 5.62. The molecule has 2 aliphatic rings. The summed E-state index contributed by atoms with van der Waals surface area (Å²) in [6.45, 7) is 1.94. The van der Waals surface area contributed by atoms with E-state index in [-0.39, 0.29) is 17.2 Å². The van der Waals surface area contributed by atoms with Crippen LogP contribution < -0.4 is 10.1 Å². The number of anilines is 1. The van der Waals surface area contributed by atoms with E-state index in [1.807, 2.05) is 19.1 Å². The van der Waals surface area contributed by atoms with Gasteiger partial charge in [-0.2, -0.15) is 0 Å². The minimum absolute atomic E-state index is 0.173. The number of carbonyl (C=O) groups is 4. The molecule has 1 saturated heterocycles. The Morgan fingerprint density at radius 1 is 1.00 bits per heavy atom. The molecule has 3 amide bonds. The zero-order valence-corrected chi connectivity index (χ0v) is 16.7. The summed E-state index contributed by atoms with van der Waals surface area (Å²) in [5.74, 6) is -7.13. The van der Waals surface area contributed by atoms with Gasteiger partial charge in [0.2, 0.25) is 17.7 Å². The molecule has 0 bridgehead atoms. The number of phenols is 1. The van der Waals surface area contributed by atoms with Gasteiger partial charge in [-0.25, -0.2) is 0 Å². The molecule has 2 fully saturated rings. The Hall–Kier alpha value is -3.88. The predicted octanol–water partition coefficient (Wildman–Crippen LogP) is 1.99. The van der Waals surface area contributed by atoms with Crippen LogP contribution in [0.2, 0.25) is 0 Å². The molecule has 0 radical (unpaired) electrons. The largest absolute Gasteiger partial charge is 0.504 e. The van der Waals surface area contributed by atoms with Crippen LogP contribution in [-0.2, 0) is 19.2 Å². The number of benzene rings is 2. The standard InChI is InChI=1S/C22H20N2O7/c1-10-3-6-12(7-4-10)31-14-8-5-11(9-13(14)25)23-19(26)15-16-17(18(15)22(29)30)21(28)24(2)20(16)27/h3-9,15-18,25H,1-2H3,(H,23,26)(H,29,30). The number of nitrogens with one attached hydrogen (secondary N) is 1. The summed E-state index contributed by atoms with van der Waals surface area (Å²) >= 11 is 0. The molecular weight excluding hydrogens is 404 g/mol. The Bertz CT molecular complexity index is 1090. The van der Waals surface area contributed by atoms with Crippen LogP contribution in [0.5, 0.6) is 17.2 Å². The maximum absolute atomic E-state index is 12.8. The van der Waals surface area contributed by atoms with Crippen molar-refractivity contribution < 1.29 is 34.1 Å². The maximum Gasteiger partial charge on any atom is 0.308 e. The average molecular weight is 424 g/mol. The fourth-order valence-corrected chi connectivity index (χ4v) is 4.19. The molecule has 1 saturated carbocycles. The number of aromatic hydroxyl groups is 1. The number of carboxylic acid groups (broad SMARTS) is 1. The van der Waals surface area contributed by atoms with Gasteiger partial charge in [-0.1, -0.05) is 17.7 Å². The third-order valence-corrected chi connectivity index (χ3v) is 5.84. The SMILES string of the molecule is Cc1ccc(Oc2ccc(NC(=O)C3C(C(=O)O)C4C(=O)N(C)C(=O)C34)cc2O)cc1. The molecule has 0 aromatic heterocycles. The average Bonchev–Trinajstić information content (AvgIpc) is 2.86. The summed E-state index contributed by atoms with van der Waals surface area (Å²) in [7, 11) is 1.28. The summed E-state index contributed by atoms with van der Waals surface area (Å²) in [6, 6.07) is 11.4. The number of fused-ring (bicyclic) bond motifs is 1. The highest BCUT2D eigenvalue weighted by Crippen LogP contribution is 2.52. The highest BCUT2D eigenvalue weighted by atomic mass is 16.5. The van der Waals surface area contributed by atoms with Crippen LogP contribution in [0.3, 0.4) is 0 Å². The van der Waals surface area contributed by atoms with Crippen LogP contribution in [0.15, 0.2) is 42.5 Å². The van der Waals surface area contributed by atoms with Crippen molar-refractivity contribution in [2.45, 2.75) is 6.92 Å². The predicted molar refractivity (Wildman–Crippen MR) is 107 cm³/mol. The first-order valence-corrected chi connectivity index (χ1v) is 9.61. The van der Waals surface area contributed by atoms with Gasteiger partial charge in [-0.05, 0) is 31.2 Å². The van der Waals surface area contributed by atoms with E-state index in [9.17, 15) is 29.4 Å². The number of amides is 3. The van der Waals surface area contributed by atoms with E-state index >= 15 is 0 Å². The number of carbonyl (C=O) groups excluding carboxylic acids is 3. The lowest BCUT2D eigenvalue weighted by Crippen LogP contribution is -2.56. The molecule has 1 heterocycles. The van der Waals surface area contributed by atoms with E-state index in [1.54, 1.807) is 12.1 Å². The molecule has 160 valence electrons. The second-order valence-corrected chi connectivity index (χ2v) is 7.76. The number of hydrogen-bond donors (Lipinski definition) is 3. The van der Waals surface area contributed by atoms with E-state index in [0.29, 0.717) is 5.75 Å². The number of carboxylic acids is 1. The minimum Gasteiger partial charge on any atom is -0.504 e. The zero-order valence-electron chi connectivity index (χ0n) is 16.7. The molecule has 9 heteroatoms. The van der Waals surface area contributed by atoms with Crippen LogP contribution >= 0.6 is 0 Å². The van der Waals surface area contributed by atoms with Gasteiger partial charge in [-0.15, -0.1) is 0 Å². The molecule has 2 aromatic carbocycles. The number of ether oxygens (including phenoxy) is 1. The lowest BCUT2D eigenvalue weighted by Gasteiger charge is -2.41. The monoisotopic (exact) mass is 424 g/mol. The number of likely N-dealkylation sites (tertiary alicyclic amines) is 1. The van der Waals surface area contributed by atoms with Crippen molar-refractivity contribution in [3.8, 4) is 17.2 Å². The van der Waals surface area contributed by atoms with E-state index in [4.69, 9.17) is 4.74 Å². The number of aliphatic carboxylic acids is 1. The van der Waals surface area contributed by atoms with Gasteiger partial charge < -0.3 is 20.3 Å². The highest BCUT2D eigenvalue weighted by molar-refractivity contribution is 6.13. The summed E-state index contributed by atoms with van der Waals surface area (Å²) in [4.78, 5) is 49.7. The number of nitrogens with zero attached hydrogens (tertiary/aromatic N) is 1. The third kappa shape index (κ3) is 3.37. The number of aryl methyl sites for hydroxylation is 1. The van der Waals surface area contributed by atoms with Gasteiger partial charge in [0.05, 0.1) is 23.7 Å². The molecule has 4 atom stereocenters. The van der Waals surface area contributed by atoms with Gasteiger partial charge in [0.15, 0.2) is 11.5 Å². The van der Waals surface area contributed by atoms with Crippen molar-refractivity contribution in [1.82, 2.24) is 4.90 Å². The van der Waals surface area contributed by atoms with Crippen molar-refractivity contribution in [3.05, 3.63) is 48.0 Å². The van der Waals surface area contributed by atoms with Gasteiger partial charge in [0.1, 0.15) is 5.75 Å². The number of imide groups is 1. The second kappa shape index (κ2) is 7.42. The van der Waals surface area contributed by atoms with Crippen molar-refractivity contribution in [3.63, 3.8) is 0 Å². The molecule has 1 aliphatic carbocycles. The first-order valence-electron chi connectivity index (χ1n) is 9.61. The molecule has 2 aromatic rings. The van der Waals surface area contributed by atoms with E-state index in [1.165, 1.54) is 25.2 Å². The number of phenolic OH excluding ortho intramolecular Hbond substituents is 1. The number of hydrogen-bond acceptors (Lipinski definition) is 6. The van der Waals surface area contributed by atoms with Gasteiger partial charge in [0, 0.05) is 18.8 Å². The second-order valence-electron chi connectivity index (χ2n) is 7.76. The fourth-order valence-electron chi connectivity index (χ4n) is 4.19. The van der Waals surface area contributed by atoms with Gasteiger partial charge in [0.25, 0.3) is 0 Å². The third-order valence-electron chi connectivity index (χ3n) is 5.84. The zero-order chi connectivity index (χ0) is 22.4. The van der Waals surface area contributed by atoms with E-state index < -0.39 is 47.4 Å². The van der Waals surface area contributed by atoms with Crippen LogP contribution in [0.1, 0.15) is 5.56 Å². The van der Waals surface area contributed by atoms with Crippen molar-refractivity contribution >= 4 is 29.4 Å². The summed E-state index contributed by atoms with van der Waals surface area (Å²) in [5, 5.41) is 22.3. The molecule has 31 heavy (non-hydrogen) atoms. The smallest absolute Gasteiger partial charge is 0.308 e. The number of rotatable bonds is 5. The Labute approximate surface area is 177 Å². The molecule has 4 rings (SSSR count). The summed E-state index contributed by atoms with van der Waals surface area (Å²) in [6.07, 6.45) is 0. The van der Waals surface area contributed by atoms with Crippen molar-refractivity contribution in [2.75, 3.05) is 12.4 Å². The Morgan fingerprint density at radius 2 is 1.61 bits per heavy atom. The van der Waals surface area contributed by atoms with Crippen molar-refractivity contribution in [1.29, 1.82) is 0 Å². The normalized spacial score (nSPS) is 24.4. The van der Waals surface area contributed by atoms with E-state index in [2.05, 4.69) is 5.32 Å². The molecule has 4 unspecified atom stereocenters. The quantitative estimate of drug-likeness (QED) is 0.625. The fraction of sp³-hybridized carbons (Fsp3) is 0.273. The first-order chi connectivity index (χ1) is 14.7. The Kier molecular flexibility index (Phi) is 4.88. The molecule has 0 spiro atoms. The maximum atomic E-state index is 12.8. The Morgan fingerprint density at radius 3 is 2.19 bits per heavy atom. The van der Waals surface area contributed by atoms with Gasteiger partial charge >= 0.3 is 5.97 Å². The van der Waals surface area contributed by atoms with E-state index in [0.717, 1.165) is 10.5 Å². The molecule has 9 nitrogen and oxygen atoms in total. The highest BCUT2D eigenvalue weighted by Gasteiger charge is 2.68. The lowest BCUT2D eigenvalue weighted by molar-refractivity contribution is -0.166. The van der Waals surface area contributed by atoms with Crippen molar-refractivity contribution in [2.24, 2.45) is 23.7 Å². The summed E-state index contributed by atoms with van der Waals surface area (Å²) in [5.41, 5.74) is 1.26. The van der Waals surface area contributed by atoms with Crippen LogP contribution in [0.4, 0.5) is 5.69 Å². The molecular formula is C22H20N2O7. The molecule has 3 N–H and O–H groups in total. The Balaban J connectivity index is 1.50. The van der Waals surface area contributed by atoms with Gasteiger partial charge in [-0.3, -0.25) is 24.1 Å². The minimum atomic E-state index is -1.30. The first kappa shape index (κ1) is 20.4. The topological polar surface area (TPSA) is 133 Å². The van der Waals surface area contributed by atoms with Crippen LogP contribution in [-0.4, -0.2) is 45.9 Å². The van der Waals surface area contributed by atoms with Crippen LogP contribution in [0.25, 0.3) is 0 Å². The van der Waals surface area contributed by atoms with Crippen LogP contribution in [0, 0.1) is 30.6 Å². The lowest BCUT2D eigenvalue weighted by atomic mass is 9.57. The molecule has 1 aliphatic heterocycles.